The Balaban J connectivity index is 1.59. The largest absolute Gasteiger partial charge is 0.444 e. The van der Waals surface area contributed by atoms with Crippen molar-refractivity contribution in [3.05, 3.63) is 71.8 Å². The number of carbonyl (C=O) groups excluding carboxylic acids is 5. The second-order valence-electron chi connectivity index (χ2n) is 14.7. The average Bonchev–Trinajstić information content (AvgIpc) is 3.29. The van der Waals surface area contributed by atoms with Gasteiger partial charge in [0.05, 0.1) is 25.2 Å². The van der Waals surface area contributed by atoms with E-state index < -0.39 is 40.5 Å². The third-order valence-corrected chi connectivity index (χ3v) is 9.03. The van der Waals surface area contributed by atoms with Crippen LogP contribution < -0.4 is 10.6 Å². The molecule has 12 heteroatoms. The lowest BCUT2D eigenvalue weighted by Crippen LogP contribution is -2.62. The van der Waals surface area contributed by atoms with Crippen molar-refractivity contribution >= 4 is 29.7 Å². The van der Waals surface area contributed by atoms with Gasteiger partial charge in [-0.05, 0) is 58.6 Å². The molecule has 0 saturated carbocycles. The number of hydrogen-bond acceptors (Lipinski definition) is 7. The Bertz CT molecular complexity index is 1490. The number of nitrogens with zero attached hydrogens (tertiary/aromatic N) is 3. The van der Waals surface area contributed by atoms with Gasteiger partial charge < -0.3 is 34.8 Å². The number of rotatable bonds is 11. The number of ether oxygens (including phenoxy) is 2. The van der Waals surface area contributed by atoms with Crippen LogP contribution >= 0.6 is 0 Å². The zero-order valence-electron chi connectivity index (χ0n) is 29.8. The summed E-state index contributed by atoms with van der Waals surface area (Å²) in [6.45, 7) is 9.13. The Labute approximate surface area is 289 Å². The Morgan fingerprint density at radius 1 is 0.980 bits per heavy atom. The van der Waals surface area contributed by atoms with E-state index in [1.807, 2.05) is 60.7 Å². The summed E-state index contributed by atoms with van der Waals surface area (Å²) in [7, 11) is 3.32. The molecular weight excluding hydrogens is 626 g/mol. The Morgan fingerprint density at radius 2 is 1.61 bits per heavy atom. The summed E-state index contributed by atoms with van der Waals surface area (Å²) in [4.78, 5) is 72.3. The van der Waals surface area contributed by atoms with Crippen LogP contribution in [0, 0.1) is 5.41 Å². The van der Waals surface area contributed by atoms with Gasteiger partial charge in [-0.2, -0.15) is 0 Å². The molecule has 0 bridgehead atoms. The predicted octanol–water partition coefficient (Wildman–Crippen LogP) is 3.31. The van der Waals surface area contributed by atoms with Crippen LogP contribution in [0.25, 0.3) is 0 Å². The second-order valence-corrected chi connectivity index (χ2v) is 14.7. The van der Waals surface area contributed by atoms with Gasteiger partial charge in [0.15, 0.2) is 0 Å². The maximum Gasteiger partial charge on any atom is 0.408 e. The quantitative estimate of drug-likeness (QED) is 0.372. The Morgan fingerprint density at radius 3 is 2.22 bits per heavy atom. The number of likely N-dealkylation sites (tertiary alicyclic amines) is 2. The number of likely N-dealkylation sites (N-methyl/N-ethyl adjacent to an activating group) is 1. The number of piperidine rings is 1. The third kappa shape index (κ3) is 9.38. The molecule has 0 aliphatic carbocycles. The molecule has 12 nitrogen and oxygen atoms in total. The smallest absolute Gasteiger partial charge is 0.408 e. The molecule has 2 aromatic carbocycles. The fraction of sp³-hybridized carbons (Fsp3) is 0.541. The Hall–Kier alpha value is -4.45. The van der Waals surface area contributed by atoms with Crippen LogP contribution in [-0.2, 0) is 35.3 Å². The first-order valence-electron chi connectivity index (χ1n) is 16.8. The van der Waals surface area contributed by atoms with Gasteiger partial charge in [-0.15, -0.1) is 0 Å². The lowest BCUT2D eigenvalue weighted by molar-refractivity contribution is -0.149. The number of nitrogens with one attached hydrogen (secondary N) is 2. The van der Waals surface area contributed by atoms with Gasteiger partial charge >= 0.3 is 6.09 Å². The molecule has 2 aromatic rings. The molecule has 5 amide bonds. The lowest BCUT2D eigenvalue weighted by atomic mass is 9.69. The Kier molecular flexibility index (Phi) is 11.7. The molecule has 2 unspecified atom stereocenters. The van der Waals surface area contributed by atoms with Crippen LogP contribution in [0.1, 0.15) is 64.5 Å². The molecule has 3 atom stereocenters. The minimum atomic E-state index is -1.43. The summed E-state index contributed by atoms with van der Waals surface area (Å²) in [5.74, 6) is -1.57. The van der Waals surface area contributed by atoms with Gasteiger partial charge in [0.25, 0.3) is 0 Å². The van der Waals surface area contributed by atoms with E-state index in [9.17, 15) is 24.0 Å². The number of alkyl carbamates (subject to hydrolysis) is 1. The van der Waals surface area contributed by atoms with Crippen molar-refractivity contribution in [1.82, 2.24) is 25.3 Å². The van der Waals surface area contributed by atoms with Gasteiger partial charge in [-0.3, -0.25) is 19.2 Å². The van der Waals surface area contributed by atoms with Crippen LogP contribution in [0.5, 0.6) is 0 Å². The zero-order valence-corrected chi connectivity index (χ0v) is 29.8. The van der Waals surface area contributed by atoms with Crippen molar-refractivity contribution in [3.63, 3.8) is 0 Å². The molecule has 1 spiro atoms. The summed E-state index contributed by atoms with van der Waals surface area (Å²) in [5.41, 5.74) is -1.27. The standard InChI is InChI=1S/C37H51N5O7/c1-35(2,3)49-34(47)39-36(4,5)32(45)38-29(24-48-23-26-15-10-8-11-16-26)31(44)41-20-14-19-37(25-41)28(27-17-12-9-13-18-27)21-42(33(37)46)22-30(43)40(6)7/h8-13,15-18,28-29H,14,19-25H2,1-7H3,(H,38,45)(H,39,47)/t28?,29-,37?/m1/s1. The van der Waals surface area contributed by atoms with E-state index in [4.69, 9.17) is 9.47 Å². The van der Waals surface area contributed by atoms with Crippen molar-refractivity contribution in [2.24, 2.45) is 5.41 Å². The van der Waals surface area contributed by atoms with E-state index in [1.165, 1.54) is 18.7 Å². The summed E-state index contributed by atoms with van der Waals surface area (Å²) < 4.78 is 11.3. The minimum Gasteiger partial charge on any atom is -0.444 e. The fourth-order valence-corrected chi connectivity index (χ4v) is 6.44. The maximum absolute atomic E-state index is 14.4. The molecule has 2 aliphatic rings. The first-order valence-corrected chi connectivity index (χ1v) is 16.8. The maximum atomic E-state index is 14.4. The van der Waals surface area contributed by atoms with Crippen molar-refractivity contribution in [2.45, 2.75) is 77.2 Å². The number of carbonyl (C=O) groups is 5. The van der Waals surface area contributed by atoms with Gasteiger partial charge in [-0.25, -0.2) is 4.79 Å². The van der Waals surface area contributed by atoms with Crippen LogP contribution in [0.15, 0.2) is 60.7 Å². The van der Waals surface area contributed by atoms with Gasteiger partial charge in [-0.1, -0.05) is 60.7 Å². The van der Waals surface area contributed by atoms with E-state index in [0.29, 0.717) is 25.9 Å². The molecule has 2 saturated heterocycles. The van der Waals surface area contributed by atoms with Crippen LogP contribution in [0.4, 0.5) is 4.79 Å². The van der Waals surface area contributed by atoms with Gasteiger partial charge in [0, 0.05) is 39.6 Å². The van der Waals surface area contributed by atoms with E-state index in [2.05, 4.69) is 10.6 Å². The van der Waals surface area contributed by atoms with Gasteiger partial charge in [0.1, 0.15) is 17.2 Å². The molecule has 0 radical (unpaired) electrons. The molecule has 2 N–H and O–H groups in total. The topological polar surface area (TPSA) is 138 Å². The zero-order chi connectivity index (χ0) is 36.0. The molecule has 2 heterocycles. The van der Waals surface area contributed by atoms with Crippen molar-refractivity contribution < 1.29 is 33.4 Å². The first kappa shape index (κ1) is 37.4. The highest BCUT2D eigenvalue weighted by molar-refractivity contribution is 5.95. The SMILES string of the molecule is CN(C)C(=O)CN1CC(c2ccccc2)C2(CCCN(C(=O)[C@@H](COCc3ccccc3)NC(=O)C(C)(C)NC(=O)OC(C)(C)C)C2)C1=O. The first-order chi connectivity index (χ1) is 23.0. The monoisotopic (exact) mass is 677 g/mol. The molecule has 0 aromatic heterocycles. The lowest BCUT2D eigenvalue weighted by Gasteiger charge is -2.43. The normalized spacial score (nSPS) is 20.1. The van der Waals surface area contributed by atoms with Gasteiger partial charge in [0.2, 0.25) is 23.6 Å². The molecule has 2 aliphatic heterocycles. The van der Waals surface area contributed by atoms with Crippen molar-refractivity contribution in [2.75, 3.05) is 46.9 Å². The van der Waals surface area contributed by atoms with E-state index in [-0.39, 0.29) is 44.0 Å². The molecule has 2 fully saturated rings. The number of hydrogen-bond donors (Lipinski definition) is 2. The minimum absolute atomic E-state index is 0.0450. The van der Waals surface area contributed by atoms with Crippen LogP contribution in [0.3, 0.4) is 0 Å². The van der Waals surface area contributed by atoms with Crippen molar-refractivity contribution in [3.8, 4) is 0 Å². The van der Waals surface area contributed by atoms with Crippen LogP contribution in [-0.4, -0.2) is 108 Å². The molecule has 266 valence electrons. The molecule has 4 rings (SSSR count). The molecule has 49 heavy (non-hydrogen) atoms. The summed E-state index contributed by atoms with van der Waals surface area (Å²) in [6, 6.07) is 18.1. The van der Waals surface area contributed by atoms with E-state index >= 15 is 0 Å². The van der Waals surface area contributed by atoms with E-state index in [0.717, 1.165) is 11.1 Å². The fourth-order valence-electron chi connectivity index (χ4n) is 6.44. The molecular formula is C37H51N5O7. The number of amides is 5. The summed E-state index contributed by atoms with van der Waals surface area (Å²) >= 11 is 0. The highest BCUT2D eigenvalue weighted by Crippen LogP contribution is 2.49. The van der Waals surface area contributed by atoms with E-state index in [1.54, 1.807) is 44.7 Å². The summed E-state index contributed by atoms with van der Waals surface area (Å²) in [6.07, 6.45) is 0.349. The highest BCUT2D eigenvalue weighted by Gasteiger charge is 2.57. The van der Waals surface area contributed by atoms with Crippen LogP contribution in [0.2, 0.25) is 0 Å². The second kappa shape index (κ2) is 15.4. The average molecular weight is 678 g/mol. The predicted molar refractivity (Wildman–Crippen MR) is 184 cm³/mol. The third-order valence-electron chi connectivity index (χ3n) is 9.03. The summed E-state index contributed by atoms with van der Waals surface area (Å²) in [5, 5.41) is 5.41. The van der Waals surface area contributed by atoms with Crippen molar-refractivity contribution in [1.29, 1.82) is 0 Å². The number of benzene rings is 2. The highest BCUT2D eigenvalue weighted by atomic mass is 16.6.